The Morgan fingerprint density at radius 1 is 1.29 bits per heavy atom. The highest BCUT2D eigenvalue weighted by molar-refractivity contribution is 5.88. The summed E-state index contributed by atoms with van der Waals surface area (Å²) in [6.45, 7) is 4.34. The molecule has 3 aromatic rings. The molecule has 4 rings (SSSR count). The summed E-state index contributed by atoms with van der Waals surface area (Å²) in [4.78, 5) is 14.8. The van der Waals surface area contributed by atoms with Crippen LogP contribution in [0.15, 0.2) is 54.9 Å². The topological polar surface area (TPSA) is 77.2 Å². The van der Waals surface area contributed by atoms with Crippen LogP contribution in [0.3, 0.4) is 0 Å². The van der Waals surface area contributed by atoms with Crippen molar-refractivity contribution in [1.29, 1.82) is 0 Å². The third-order valence-corrected chi connectivity index (χ3v) is 4.65. The maximum Gasteiger partial charge on any atom is 0.323 e. The number of hydrogen-bond acceptors (Lipinski definition) is 4. The van der Waals surface area contributed by atoms with Gasteiger partial charge in [-0.05, 0) is 31.5 Å². The predicted octanol–water partition coefficient (Wildman–Crippen LogP) is 2.70. The second-order valence-corrected chi connectivity index (χ2v) is 6.87. The highest BCUT2D eigenvalue weighted by atomic mass is 16.5. The van der Waals surface area contributed by atoms with E-state index in [1.807, 2.05) is 60.3 Å². The fraction of sp³-hybridized carbons (Fsp3) is 0.350. The zero-order chi connectivity index (χ0) is 19.3. The second-order valence-electron chi connectivity index (χ2n) is 6.87. The van der Waals surface area contributed by atoms with E-state index in [9.17, 15) is 4.79 Å². The van der Waals surface area contributed by atoms with Gasteiger partial charge in [-0.15, -0.1) is 0 Å². The van der Waals surface area contributed by atoms with Crippen LogP contribution in [0.2, 0.25) is 0 Å². The lowest BCUT2D eigenvalue weighted by Crippen LogP contribution is -2.41. The van der Waals surface area contributed by atoms with E-state index in [4.69, 9.17) is 4.74 Å². The minimum absolute atomic E-state index is 0.0890. The van der Waals surface area contributed by atoms with Crippen LogP contribution in [0.4, 0.5) is 10.6 Å². The minimum atomic E-state index is -0.145. The smallest absolute Gasteiger partial charge is 0.323 e. The summed E-state index contributed by atoms with van der Waals surface area (Å²) in [5.41, 5.74) is 1.75. The van der Waals surface area contributed by atoms with Crippen LogP contribution in [0, 0.1) is 6.92 Å². The molecule has 1 fully saturated rings. The number of benzene rings is 1. The van der Waals surface area contributed by atoms with Crippen molar-refractivity contribution in [3.63, 3.8) is 0 Å². The van der Waals surface area contributed by atoms with Crippen molar-refractivity contribution in [1.82, 2.24) is 24.5 Å². The van der Waals surface area contributed by atoms with Crippen molar-refractivity contribution in [2.75, 3.05) is 25.0 Å². The summed E-state index contributed by atoms with van der Waals surface area (Å²) in [6, 6.07) is 13.4. The van der Waals surface area contributed by atoms with Gasteiger partial charge in [0.05, 0.1) is 30.6 Å². The number of rotatable bonds is 4. The van der Waals surface area contributed by atoms with E-state index >= 15 is 0 Å². The van der Waals surface area contributed by atoms with Gasteiger partial charge in [-0.2, -0.15) is 10.2 Å². The van der Waals surface area contributed by atoms with Crippen LogP contribution < -0.4 is 5.32 Å². The van der Waals surface area contributed by atoms with Gasteiger partial charge in [0, 0.05) is 31.6 Å². The zero-order valence-corrected chi connectivity index (χ0v) is 15.9. The molecule has 1 saturated heterocycles. The Morgan fingerprint density at radius 3 is 2.93 bits per heavy atom. The average Bonchev–Trinajstić information content (AvgIpc) is 3.26. The summed E-state index contributed by atoms with van der Waals surface area (Å²) >= 11 is 0. The van der Waals surface area contributed by atoms with E-state index in [0.717, 1.165) is 17.8 Å². The van der Waals surface area contributed by atoms with Gasteiger partial charge in [-0.25, -0.2) is 9.48 Å². The van der Waals surface area contributed by atoms with Crippen molar-refractivity contribution < 1.29 is 9.53 Å². The first-order valence-electron chi connectivity index (χ1n) is 9.46. The maximum atomic E-state index is 13.0. The lowest BCUT2D eigenvalue weighted by atomic mass is 10.3. The molecule has 1 atom stereocenters. The van der Waals surface area contributed by atoms with E-state index < -0.39 is 0 Å². The molecule has 1 aromatic carbocycles. The molecule has 1 aliphatic heterocycles. The number of nitrogens with zero attached hydrogens (tertiary/aromatic N) is 5. The van der Waals surface area contributed by atoms with E-state index in [1.54, 1.807) is 15.8 Å². The monoisotopic (exact) mass is 380 g/mol. The van der Waals surface area contributed by atoms with Crippen LogP contribution >= 0.6 is 0 Å². The zero-order valence-electron chi connectivity index (χ0n) is 15.9. The number of carbonyl (C=O) groups excluding carboxylic acids is 1. The Morgan fingerprint density at radius 2 is 2.14 bits per heavy atom. The van der Waals surface area contributed by atoms with E-state index in [2.05, 4.69) is 15.5 Å². The first-order chi connectivity index (χ1) is 13.7. The molecule has 0 radical (unpaired) electrons. The largest absolute Gasteiger partial charge is 0.374 e. The molecule has 0 saturated carbocycles. The number of carbonyl (C=O) groups is 1. The van der Waals surface area contributed by atoms with Crippen molar-refractivity contribution in [2.24, 2.45) is 0 Å². The number of aromatic nitrogens is 4. The molecule has 3 heterocycles. The number of ether oxygens (including phenoxy) is 1. The van der Waals surface area contributed by atoms with Gasteiger partial charge in [0.2, 0.25) is 0 Å². The third kappa shape index (κ3) is 4.23. The van der Waals surface area contributed by atoms with E-state index in [1.165, 1.54) is 0 Å². The number of amides is 2. The van der Waals surface area contributed by atoms with Crippen LogP contribution in [-0.4, -0.2) is 56.3 Å². The molecule has 8 heteroatoms. The van der Waals surface area contributed by atoms with Gasteiger partial charge in [0.25, 0.3) is 0 Å². The first-order valence-corrected chi connectivity index (χ1v) is 9.46. The van der Waals surface area contributed by atoms with Crippen LogP contribution in [0.1, 0.15) is 12.1 Å². The van der Waals surface area contributed by atoms with Crippen molar-refractivity contribution >= 4 is 11.8 Å². The SMILES string of the molecule is Cc1cc(NC(=O)N2CCCO[C@H](Cn3cccn3)C2)n(-c2ccccc2)n1. The molecule has 0 unspecified atom stereocenters. The summed E-state index contributed by atoms with van der Waals surface area (Å²) in [6.07, 6.45) is 4.36. The lowest BCUT2D eigenvalue weighted by Gasteiger charge is -2.24. The predicted molar refractivity (Wildman–Crippen MR) is 105 cm³/mol. The molecule has 8 nitrogen and oxygen atoms in total. The maximum absolute atomic E-state index is 13.0. The van der Waals surface area contributed by atoms with Crippen LogP contribution in [0.25, 0.3) is 5.69 Å². The minimum Gasteiger partial charge on any atom is -0.374 e. The molecular formula is C20H24N6O2. The lowest BCUT2D eigenvalue weighted by molar-refractivity contribution is 0.0442. The number of para-hydroxylation sites is 1. The Labute approximate surface area is 163 Å². The Balaban J connectivity index is 1.47. The number of urea groups is 1. The average molecular weight is 380 g/mol. The molecule has 28 heavy (non-hydrogen) atoms. The number of anilines is 1. The van der Waals surface area contributed by atoms with Gasteiger partial charge >= 0.3 is 6.03 Å². The van der Waals surface area contributed by atoms with Gasteiger partial charge in [0.1, 0.15) is 5.82 Å². The number of aryl methyl sites for hydroxylation is 1. The second kappa shape index (κ2) is 8.26. The van der Waals surface area contributed by atoms with E-state index in [-0.39, 0.29) is 12.1 Å². The molecule has 0 bridgehead atoms. The molecule has 146 valence electrons. The summed E-state index contributed by atoms with van der Waals surface area (Å²) in [5.74, 6) is 0.655. The fourth-order valence-electron chi connectivity index (χ4n) is 3.35. The molecule has 1 aliphatic rings. The Hall–Kier alpha value is -3.13. The van der Waals surface area contributed by atoms with Crippen molar-refractivity contribution in [3.05, 3.63) is 60.6 Å². The summed E-state index contributed by atoms with van der Waals surface area (Å²) < 4.78 is 9.49. The summed E-state index contributed by atoms with van der Waals surface area (Å²) in [5, 5.41) is 11.8. The Bertz CT molecular complexity index is 906. The van der Waals surface area contributed by atoms with Crippen LogP contribution in [-0.2, 0) is 11.3 Å². The molecule has 2 amide bonds. The first kappa shape index (κ1) is 18.2. The van der Waals surface area contributed by atoms with Gasteiger partial charge < -0.3 is 9.64 Å². The highest BCUT2D eigenvalue weighted by Gasteiger charge is 2.24. The van der Waals surface area contributed by atoms with Gasteiger partial charge in [-0.1, -0.05) is 18.2 Å². The quantitative estimate of drug-likeness (QED) is 0.755. The van der Waals surface area contributed by atoms with Gasteiger partial charge in [-0.3, -0.25) is 10.00 Å². The normalized spacial score (nSPS) is 17.3. The standard InChI is InChI=1S/C20H24N6O2/c1-16-13-19(26(23-16)17-7-3-2-4-8-17)22-20(27)24-10-6-12-28-18(14-24)15-25-11-5-9-21-25/h2-5,7-9,11,13,18H,6,10,12,14-15H2,1H3,(H,22,27)/t18-/m0/s1. The van der Waals surface area contributed by atoms with E-state index in [0.29, 0.717) is 32.1 Å². The molecule has 0 aliphatic carbocycles. The highest BCUT2D eigenvalue weighted by Crippen LogP contribution is 2.18. The van der Waals surface area contributed by atoms with Crippen LogP contribution in [0.5, 0.6) is 0 Å². The van der Waals surface area contributed by atoms with Gasteiger partial charge in [0.15, 0.2) is 0 Å². The van der Waals surface area contributed by atoms with Crippen molar-refractivity contribution in [3.8, 4) is 5.69 Å². The third-order valence-electron chi connectivity index (χ3n) is 4.65. The molecule has 1 N–H and O–H groups in total. The summed E-state index contributed by atoms with van der Waals surface area (Å²) in [7, 11) is 0. The fourth-order valence-corrected chi connectivity index (χ4v) is 3.35. The molecule has 2 aromatic heterocycles. The number of hydrogen-bond donors (Lipinski definition) is 1. The van der Waals surface area contributed by atoms with Crippen molar-refractivity contribution in [2.45, 2.75) is 26.0 Å². The molecular weight excluding hydrogens is 356 g/mol. The number of nitrogens with one attached hydrogen (secondary N) is 1. The molecule has 0 spiro atoms. The Kier molecular flexibility index (Phi) is 5.38.